The molecule has 0 aliphatic carbocycles. The highest BCUT2D eigenvalue weighted by Gasteiger charge is 2.44. The summed E-state index contributed by atoms with van der Waals surface area (Å²) in [7, 11) is 0. The van der Waals surface area contributed by atoms with Gasteiger partial charge in [0.15, 0.2) is 6.29 Å². The zero-order chi connectivity index (χ0) is 44.6. The molecule has 7 unspecified atom stereocenters. The van der Waals surface area contributed by atoms with Gasteiger partial charge in [-0.25, -0.2) is 0 Å². The minimum absolute atomic E-state index is 0.0596. The molecular formula is C50H89NO10. The molecule has 1 amide bonds. The Morgan fingerprint density at radius 1 is 0.590 bits per heavy atom. The van der Waals surface area contributed by atoms with Gasteiger partial charge in [0.25, 0.3) is 0 Å². The van der Waals surface area contributed by atoms with Crippen LogP contribution in [0.4, 0.5) is 0 Å². The quantitative estimate of drug-likeness (QED) is 0.0198. The number of amides is 1. The van der Waals surface area contributed by atoms with E-state index in [2.05, 4.69) is 55.6 Å². The largest absolute Gasteiger partial charge is 0.466 e. The third kappa shape index (κ3) is 31.2. The van der Waals surface area contributed by atoms with Gasteiger partial charge >= 0.3 is 5.97 Å². The Morgan fingerprint density at radius 3 is 1.62 bits per heavy atom. The topological polar surface area (TPSA) is 175 Å². The van der Waals surface area contributed by atoms with E-state index in [1.807, 2.05) is 6.08 Å². The second-order valence-electron chi connectivity index (χ2n) is 16.8. The lowest BCUT2D eigenvalue weighted by atomic mass is 9.99. The van der Waals surface area contributed by atoms with Gasteiger partial charge in [-0.05, 0) is 103 Å². The van der Waals surface area contributed by atoms with E-state index >= 15 is 0 Å². The van der Waals surface area contributed by atoms with Crippen molar-refractivity contribution in [3.8, 4) is 0 Å². The molecule has 1 aliphatic heterocycles. The maximum absolute atomic E-state index is 12.9. The zero-order valence-electron chi connectivity index (χ0n) is 38.4. The predicted octanol–water partition coefficient (Wildman–Crippen LogP) is 9.38. The van der Waals surface area contributed by atoms with Gasteiger partial charge in [0, 0.05) is 12.8 Å². The molecule has 0 saturated carbocycles. The number of nitrogens with one attached hydrogen (secondary N) is 1. The summed E-state index contributed by atoms with van der Waals surface area (Å²) in [5, 5.41) is 54.0. The van der Waals surface area contributed by atoms with Gasteiger partial charge in [-0.2, -0.15) is 0 Å². The number of hydrogen-bond acceptors (Lipinski definition) is 10. The summed E-state index contributed by atoms with van der Waals surface area (Å²) in [6, 6.07) is -0.845. The normalized spacial score (nSPS) is 20.7. The molecule has 1 heterocycles. The number of carbonyl (C=O) groups is 2. The molecule has 354 valence electrons. The van der Waals surface area contributed by atoms with Gasteiger partial charge in [0.2, 0.25) is 5.91 Å². The molecule has 1 rings (SSSR count). The van der Waals surface area contributed by atoms with E-state index in [0.717, 1.165) is 89.9 Å². The van der Waals surface area contributed by atoms with Crippen LogP contribution < -0.4 is 5.32 Å². The van der Waals surface area contributed by atoms with Crippen molar-refractivity contribution in [1.82, 2.24) is 5.32 Å². The number of allylic oxidation sites excluding steroid dienone is 7. The minimum atomic E-state index is -1.59. The molecule has 1 saturated heterocycles. The van der Waals surface area contributed by atoms with Gasteiger partial charge in [-0.3, -0.25) is 9.59 Å². The summed E-state index contributed by atoms with van der Waals surface area (Å²) in [6.45, 7) is 4.13. The molecule has 61 heavy (non-hydrogen) atoms. The maximum atomic E-state index is 12.9. The van der Waals surface area contributed by atoms with Gasteiger partial charge < -0.3 is 45.1 Å². The molecule has 1 aliphatic rings. The van der Waals surface area contributed by atoms with Gasteiger partial charge in [-0.15, -0.1) is 0 Å². The summed E-state index contributed by atoms with van der Waals surface area (Å²) in [4.78, 5) is 24.9. The van der Waals surface area contributed by atoms with E-state index in [1.54, 1.807) is 6.08 Å². The lowest BCUT2D eigenvalue weighted by molar-refractivity contribution is -0.302. The van der Waals surface area contributed by atoms with Crippen molar-refractivity contribution >= 4 is 11.9 Å². The van der Waals surface area contributed by atoms with Crippen LogP contribution in [0.1, 0.15) is 194 Å². The lowest BCUT2D eigenvalue weighted by Crippen LogP contribution is -2.60. The molecule has 11 heteroatoms. The Morgan fingerprint density at radius 2 is 1.07 bits per heavy atom. The van der Waals surface area contributed by atoms with Crippen molar-refractivity contribution in [3.63, 3.8) is 0 Å². The van der Waals surface area contributed by atoms with E-state index in [1.165, 1.54) is 70.6 Å². The molecule has 0 aromatic rings. The van der Waals surface area contributed by atoms with Crippen LogP contribution in [0.5, 0.6) is 0 Å². The van der Waals surface area contributed by atoms with E-state index in [-0.39, 0.29) is 18.5 Å². The Bertz CT molecular complexity index is 1160. The fourth-order valence-corrected chi connectivity index (χ4v) is 7.14. The third-order valence-electron chi connectivity index (χ3n) is 11.1. The van der Waals surface area contributed by atoms with Crippen LogP contribution in [0.15, 0.2) is 48.6 Å². The highest BCUT2D eigenvalue weighted by Crippen LogP contribution is 2.22. The first-order chi connectivity index (χ1) is 29.7. The number of rotatable bonds is 40. The monoisotopic (exact) mass is 864 g/mol. The van der Waals surface area contributed by atoms with Crippen molar-refractivity contribution in [1.29, 1.82) is 0 Å². The van der Waals surface area contributed by atoms with Crippen LogP contribution >= 0.6 is 0 Å². The number of carbonyl (C=O) groups excluding carboxylic acids is 2. The molecule has 1 fully saturated rings. The van der Waals surface area contributed by atoms with E-state index in [9.17, 15) is 35.1 Å². The van der Waals surface area contributed by atoms with Gasteiger partial charge in [0.05, 0.1) is 32.0 Å². The maximum Gasteiger partial charge on any atom is 0.305 e. The standard InChI is InChI=1S/C50H89NO10/c1-3-5-7-9-11-13-14-18-22-26-30-34-38-46(55)59-39-35-31-27-23-19-16-15-17-21-25-29-33-37-45(54)51-42(43(53)36-32-28-24-20-12-10-8-6-4-2)41-60-50-49(58)48(57)47(56)44(40-52)61-50/h11-13,16,19-20,32,36,42-44,47-50,52-53,56-58H,3-10,14-15,17-18,21-31,33-35,37-41H2,1-2H3,(H,51,54)/b13-11-,19-16-,20-12+,36-32+. The van der Waals surface area contributed by atoms with E-state index in [0.29, 0.717) is 25.9 Å². The highest BCUT2D eigenvalue weighted by atomic mass is 16.7. The first-order valence-electron chi connectivity index (χ1n) is 24.4. The average Bonchev–Trinajstić information content (AvgIpc) is 3.25. The van der Waals surface area contributed by atoms with Crippen molar-refractivity contribution in [2.24, 2.45) is 0 Å². The van der Waals surface area contributed by atoms with Crippen LogP contribution in [0.3, 0.4) is 0 Å². The van der Waals surface area contributed by atoms with Crippen molar-refractivity contribution in [3.05, 3.63) is 48.6 Å². The number of unbranched alkanes of at least 4 members (excludes halogenated alkanes) is 20. The number of aliphatic hydroxyl groups excluding tert-OH is 5. The molecule has 0 aromatic carbocycles. The zero-order valence-corrected chi connectivity index (χ0v) is 38.4. The molecular weight excluding hydrogens is 775 g/mol. The van der Waals surface area contributed by atoms with Crippen LogP contribution in [-0.4, -0.2) is 100 Å². The van der Waals surface area contributed by atoms with Crippen LogP contribution in [-0.2, 0) is 23.8 Å². The molecule has 7 atom stereocenters. The average molecular weight is 864 g/mol. The van der Waals surface area contributed by atoms with Gasteiger partial charge in [-0.1, -0.05) is 127 Å². The summed E-state index contributed by atoms with van der Waals surface area (Å²) >= 11 is 0. The summed E-state index contributed by atoms with van der Waals surface area (Å²) in [5.41, 5.74) is 0. The Labute approximate surface area is 370 Å². The van der Waals surface area contributed by atoms with Crippen LogP contribution in [0.25, 0.3) is 0 Å². The van der Waals surface area contributed by atoms with Crippen molar-refractivity contribution < 1.29 is 49.3 Å². The Hall–Kier alpha value is -2.38. The number of aliphatic hydroxyl groups is 5. The number of hydrogen-bond donors (Lipinski definition) is 6. The Balaban J connectivity index is 2.20. The molecule has 0 aromatic heterocycles. The van der Waals surface area contributed by atoms with E-state index in [4.69, 9.17) is 14.2 Å². The van der Waals surface area contributed by atoms with Crippen molar-refractivity contribution in [2.45, 2.75) is 236 Å². The van der Waals surface area contributed by atoms with Gasteiger partial charge in [0.1, 0.15) is 24.4 Å². The lowest BCUT2D eigenvalue weighted by Gasteiger charge is -2.40. The minimum Gasteiger partial charge on any atom is -0.466 e. The SMILES string of the molecule is CCCCC/C=C\CCCCCCCC(=O)OCCCCC/C=C\CCCCCCCC(=O)NC(COC1OC(CO)C(O)C(O)C1O)C(O)/C=C/CC/C=C/CCCCC. The summed E-state index contributed by atoms with van der Waals surface area (Å²) < 4.78 is 16.6. The second kappa shape index (κ2) is 40.4. The van der Waals surface area contributed by atoms with E-state index < -0.39 is 49.5 Å². The molecule has 0 bridgehead atoms. The summed E-state index contributed by atoms with van der Waals surface area (Å²) in [5.74, 6) is -0.283. The first-order valence-corrected chi connectivity index (χ1v) is 24.4. The summed E-state index contributed by atoms with van der Waals surface area (Å²) in [6.07, 6.45) is 37.7. The molecule has 0 radical (unpaired) electrons. The number of esters is 1. The third-order valence-corrected chi connectivity index (χ3v) is 11.1. The molecule has 11 nitrogen and oxygen atoms in total. The Kier molecular flexibility index (Phi) is 37.5. The molecule has 6 N–H and O–H groups in total. The second-order valence-corrected chi connectivity index (χ2v) is 16.8. The fourth-order valence-electron chi connectivity index (χ4n) is 7.14. The van der Waals surface area contributed by atoms with Crippen molar-refractivity contribution in [2.75, 3.05) is 19.8 Å². The number of ether oxygens (including phenoxy) is 3. The molecule has 0 spiro atoms. The smallest absolute Gasteiger partial charge is 0.305 e. The first kappa shape index (κ1) is 56.6. The van der Waals surface area contributed by atoms with Crippen LogP contribution in [0, 0.1) is 0 Å². The fraction of sp³-hybridized carbons (Fsp3) is 0.800. The predicted molar refractivity (Wildman–Crippen MR) is 246 cm³/mol. The highest BCUT2D eigenvalue weighted by molar-refractivity contribution is 5.76. The van der Waals surface area contributed by atoms with Crippen LogP contribution in [0.2, 0.25) is 0 Å².